The van der Waals surface area contributed by atoms with Crippen molar-refractivity contribution in [2.45, 2.75) is 13.0 Å². The Bertz CT molecular complexity index is 922. The molecule has 0 saturated carbocycles. The largest absolute Gasteiger partial charge is 0.354 e. The number of nitrogens with zero attached hydrogens (tertiary/aromatic N) is 5. The molecule has 0 radical (unpaired) electrons. The Morgan fingerprint density at radius 3 is 2.69 bits per heavy atom. The summed E-state index contributed by atoms with van der Waals surface area (Å²) in [4.78, 5) is 24.4. The van der Waals surface area contributed by atoms with Gasteiger partial charge in [0, 0.05) is 55.3 Å². The second kappa shape index (κ2) is 6.97. The van der Waals surface area contributed by atoms with Crippen LogP contribution >= 0.6 is 11.3 Å². The fourth-order valence-electron chi connectivity index (χ4n) is 3.33. The lowest BCUT2D eigenvalue weighted by atomic mass is 10.2. The molecule has 0 amide bonds. The van der Waals surface area contributed by atoms with E-state index in [1.165, 1.54) is 6.07 Å². The van der Waals surface area contributed by atoms with Gasteiger partial charge in [0.15, 0.2) is 0 Å². The molecule has 1 fully saturated rings. The Labute approximate surface area is 155 Å². The number of thiazole rings is 1. The molecule has 0 bridgehead atoms. The predicted molar refractivity (Wildman–Crippen MR) is 103 cm³/mol. The zero-order valence-electron chi connectivity index (χ0n) is 14.4. The van der Waals surface area contributed by atoms with Gasteiger partial charge in [0.25, 0.3) is 5.69 Å². The van der Waals surface area contributed by atoms with Crippen LogP contribution in [0.5, 0.6) is 0 Å². The minimum absolute atomic E-state index is 0.0943. The molecule has 8 heteroatoms. The van der Waals surface area contributed by atoms with E-state index in [-0.39, 0.29) is 10.6 Å². The Kier molecular flexibility index (Phi) is 4.52. The first-order valence-corrected chi connectivity index (χ1v) is 9.43. The van der Waals surface area contributed by atoms with E-state index in [0.29, 0.717) is 6.04 Å². The van der Waals surface area contributed by atoms with Crippen LogP contribution in [0.15, 0.2) is 41.9 Å². The van der Waals surface area contributed by atoms with Crippen molar-refractivity contribution in [1.82, 2.24) is 14.9 Å². The summed E-state index contributed by atoms with van der Waals surface area (Å²) in [5.74, 6) is 0.924. The number of hydrogen-bond acceptors (Lipinski definition) is 7. The third kappa shape index (κ3) is 3.25. The summed E-state index contributed by atoms with van der Waals surface area (Å²) in [5, 5.41) is 14.9. The van der Waals surface area contributed by atoms with Gasteiger partial charge in [-0.3, -0.25) is 15.0 Å². The van der Waals surface area contributed by atoms with Crippen LogP contribution < -0.4 is 4.90 Å². The molecule has 1 aliphatic rings. The SMILES string of the molecule is CC(c1nccs1)N1CCN(c2ccc3cc([N+](=O)[O-])ccc3n2)CC1. The monoisotopic (exact) mass is 369 g/mol. The van der Waals surface area contributed by atoms with Crippen molar-refractivity contribution in [3.63, 3.8) is 0 Å². The van der Waals surface area contributed by atoms with E-state index in [0.717, 1.165) is 47.9 Å². The molecule has 1 aliphatic heterocycles. The van der Waals surface area contributed by atoms with Crippen molar-refractivity contribution in [1.29, 1.82) is 0 Å². The molecule has 26 heavy (non-hydrogen) atoms. The molecule has 3 aromatic rings. The fourth-order valence-corrected chi connectivity index (χ4v) is 4.06. The highest BCUT2D eigenvalue weighted by atomic mass is 32.1. The highest BCUT2D eigenvalue weighted by Crippen LogP contribution is 2.26. The van der Waals surface area contributed by atoms with Crippen molar-refractivity contribution in [3.05, 3.63) is 57.0 Å². The van der Waals surface area contributed by atoms with Crippen LogP contribution in [0.4, 0.5) is 11.5 Å². The molecule has 0 spiro atoms. The molecule has 2 aromatic heterocycles. The van der Waals surface area contributed by atoms with Crippen LogP contribution in [0.2, 0.25) is 0 Å². The van der Waals surface area contributed by atoms with E-state index in [2.05, 4.69) is 21.7 Å². The van der Waals surface area contributed by atoms with Gasteiger partial charge in [-0.15, -0.1) is 11.3 Å². The number of non-ortho nitro benzene ring substituents is 1. The molecule has 0 aliphatic carbocycles. The van der Waals surface area contributed by atoms with Crippen molar-refractivity contribution < 1.29 is 4.92 Å². The van der Waals surface area contributed by atoms with Crippen molar-refractivity contribution in [3.8, 4) is 0 Å². The molecule has 1 saturated heterocycles. The standard InChI is InChI=1S/C18H19N5O2S/c1-13(18-19-6-11-26-18)21-7-9-22(10-8-21)17-5-2-14-12-15(23(24)25)3-4-16(14)20-17/h2-6,11-13H,7-10H2,1H3. The normalized spacial score (nSPS) is 16.7. The van der Waals surface area contributed by atoms with E-state index in [4.69, 9.17) is 4.98 Å². The van der Waals surface area contributed by atoms with E-state index in [1.807, 2.05) is 23.7 Å². The lowest BCUT2D eigenvalue weighted by Crippen LogP contribution is -2.47. The predicted octanol–water partition coefficient (Wildman–Crippen LogP) is 3.48. The maximum absolute atomic E-state index is 10.9. The molecule has 134 valence electrons. The van der Waals surface area contributed by atoms with Gasteiger partial charge in [-0.2, -0.15) is 0 Å². The summed E-state index contributed by atoms with van der Waals surface area (Å²) in [6.07, 6.45) is 1.86. The van der Waals surface area contributed by atoms with E-state index in [1.54, 1.807) is 23.5 Å². The number of piperazine rings is 1. The summed E-state index contributed by atoms with van der Waals surface area (Å²) in [6, 6.07) is 8.99. The van der Waals surface area contributed by atoms with Gasteiger partial charge in [0.2, 0.25) is 0 Å². The number of anilines is 1. The zero-order valence-corrected chi connectivity index (χ0v) is 15.2. The molecule has 1 atom stereocenters. The zero-order chi connectivity index (χ0) is 18.1. The number of hydrogen-bond donors (Lipinski definition) is 0. The highest BCUT2D eigenvalue weighted by Gasteiger charge is 2.24. The van der Waals surface area contributed by atoms with Gasteiger partial charge in [-0.05, 0) is 25.1 Å². The molecule has 3 heterocycles. The third-order valence-electron chi connectivity index (χ3n) is 4.86. The Morgan fingerprint density at radius 2 is 2.00 bits per heavy atom. The van der Waals surface area contributed by atoms with Crippen molar-refractivity contribution in [2.24, 2.45) is 0 Å². The Morgan fingerprint density at radius 1 is 1.19 bits per heavy atom. The third-order valence-corrected chi connectivity index (χ3v) is 5.81. The Hall–Kier alpha value is -2.58. The summed E-state index contributed by atoms with van der Waals surface area (Å²) in [6.45, 7) is 5.93. The molecule has 1 unspecified atom stereocenters. The molecule has 0 N–H and O–H groups in total. The highest BCUT2D eigenvalue weighted by molar-refractivity contribution is 7.09. The topological polar surface area (TPSA) is 75.4 Å². The van der Waals surface area contributed by atoms with E-state index in [9.17, 15) is 10.1 Å². The maximum atomic E-state index is 10.9. The molecule has 7 nitrogen and oxygen atoms in total. The van der Waals surface area contributed by atoms with Gasteiger partial charge in [-0.1, -0.05) is 0 Å². The summed E-state index contributed by atoms with van der Waals surface area (Å²) in [5.41, 5.74) is 0.878. The number of benzene rings is 1. The fraction of sp³-hybridized carbons (Fsp3) is 0.333. The van der Waals surface area contributed by atoms with Gasteiger partial charge in [-0.25, -0.2) is 9.97 Å². The number of pyridine rings is 1. The molecular weight excluding hydrogens is 350 g/mol. The van der Waals surface area contributed by atoms with Crippen LogP contribution in [-0.2, 0) is 0 Å². The number of aromatic nitrogens is 2. The lowest BCUT2D eigenvalue weighted by molar-refractivity contribution is -0.384. The molecular formula is C18H19N5O2S. The molecule has 4 rings (SSSR count). The van der Waals surface area contributed by atoms with Gasteiger partial charge in [0.05, 0.1) is 16.5 Å². The first-order chi connectivity index (χ1) is 12.6. The minimum Gasteiger partial charge on any atom is -0.354 e. The number of nitro benzene ring substituents is 1. The van der Waals surface area contributed by atoms with Crippen LogP contribution in [0.3, 0.4) is 0 Å². The van der Waals surface area contributed by atoms with Crippen molar-refractivity contribution >= 4 is 33.7 Å². The second-order valence-electron chi connectivity index (χ2n) is 6.37. The minimum atomic E-state index is -0.379. The molecule has 1 aromatic carbocycles. The summed E-state index contributed by atoms with van der Waals surface area (Å²) >= 11 is 1.70. The average Bonchev–Trinajstić information content (AvgIpc) is 3.21. The smallest absolute Gasteiger partial charge is 0.270 e. The maximum Gasteiger partial charge on any atom is 0.270 e. The lowest BCUT2D eigenvalue weighted by Gasteiger charge is -2.38. The number of rotatable bonds is 4. The first-order valence-electron chi connectivity index (χ1n) is 8.55. The average molecular weight is 369 g/mol. The van der Waals surface area contributed by atoms with Gasteiger partial charge in [0.1, 0.15) is 10.8 Å². The van der Waals surface area contributed by atoms with Crippen LogP contribution in [0, 0.1) is 10.1 Å². The van der Waals surface area contributed by atoms with Gasteiger partial charge >= 0.3 is 0 Å². The first kappa shape index (κ1) is 16.9. The van der Waals surface area contributed by atoms with Gasteiger partial charge < -0.3 is 4.90 Å². The van der Waals surface area contributed by atoms with E-state index >= 15 is 0 Å². The van der Waals surface area contributed by atoms with Crippen LogP contribution in [0.1, 0.15) is 18.0 Å². The quantitative estimate of drug-likeness (QED) is 0.518. The van der Waals surface area contributed by atoms with Crippen molar-refractivity contribution in [2.75, 3.05) is 31.1 Å². The second-order valence-corrected chi connectivity index (χ2v) is 7.30. The number of fused-ring (bicyclic) bond motifs is 1. The Balaban J connectivity index is 1.47. The van der Waals surface area contributed by atoms with Crippen LogP contribution in [0.25, 0.3) is 10.9 Å². The van der Waals surface area contributed by atoms with E-state index < -0.39 is 0 Å². The summed E-state index contributed by atoms with van der Waals surface area (Å²) in [7, 11) is 0. The van der Waals surface area contributed by atoms with Crippen LogP contribution in [-0.4, -0.2) is 46.0 Å². The number of nitro groups is 1. The summed E-state index contributed by atoms with van der Waals surface area (Å²) < 4.78 is 0.